The van der Waals surface area contributed by atoms with E-state index in [2.05, 4.69) is 248 Å². The molecule has 1 spiro atoms. The number of thiophene rings is 1. The summed E-state index contributed by atoms with van der Waals surface area (Å²) in [5.74, 6) is 0.253. The first kappa shape index (κ1) is 37.7. The second kappa shape index (κ2) is 15.2. The average Bonchev–Trinajstić information content (AvgIpc) is 4.01. The zero-order chi connectivity index (χ0) is 42.9. The summed E-state index contributed by atoms with van der Waals surface area (Å²) < 4.78 is 2.73. The third kappa shape index (κ3) is 5.91. The Morgan fingerprint density at radius 3 is 1.83 bits per heavy atom. The van der Waals surface area contributed by atoms with Gasteiger partial charge in [0.05, 0.1) is 5.41 Å². The summed E-state index contributed by atoms with van der Waals surface area (Å²) >= 11 is 1.94. The van der Waals surface area contributed by atoms with E-state index in [4.69, 9.17) is 0 Å². The van der Waals surface area contributed by atoms with Crippen molar-refractivity contribution in [3.63, 3.8) is 0 Å². The van der Waals surface area contributed by atoms with Gasteiger partial charge >= 0.3 is 0 Å². The number of nitrogens with zero attached hydrogens (tertiary/aromatic N) is 1. The molecule has 2 atom stereocenters. The normalized spacial score (nSPS) is 16.7. The molecular weight excluding hydrogens is 803 g/mol. The van der Waals surface area contributed by atoms with E-state index in [1.165, 1.54) is 92.5 Å². The number of rotatable bonds is 7. The zero-order valence-electron chi connectivity index (χ0n) is 35.7. The van der Waals surface area contributed by atoms with Crippen molar-refractivity contribution in [2.45, 2.75) is 11.8 Å². The Bertz CT molecular complexity index is 3520. The Kier molecular flexibility index (Phi) is 8.82. The first-order valence-corrected chi connectivity index (χ1v) is 23.5. The second-order valence-corrected chi connectivity index (χ2v) is 18.5. The fraction of sp³-hybridized carbons (Fsp3) is 0.0476. The fourth-order valence-corrected chi connectivity index (χ4v) is 12.4. The van der Waals surface area contributed by atoms with Crippen molar-refractivity contribution in [1.29, 1.82) is 0 Å². The van der Waals surface area contributed by atoms with E-state index in [1.807, 2.05) is 11.3 Å². The minimum absolute atomic E-state index is 0.253. The number of fused-ring (bicyclic) bond motifs is 14. The van der Waals surface area contributed by atoms with E-state index >= 15 is 0 Å². The zero-order valence-corrected chi connectivity index (χ0v) is 36.6. The van der Waals surface area contributed by atoms with Crippen LogP contribution in [0.5, 0.6) is 0 Å². The van der Waals surface area contributed by atoms with Crippen molar-refractivity contribution < 1.29 is 0 Å². The van der Waals surface area contributed by atoms with Crippen LogP contribution in [0.2, 0.25) is 0 Å². The van der Waals surface area contributed by atoms with E-state index < -0.39 is 5.41 Å². The summed E-state index contributed by atoms with van der Waals surface area (Å²) in [6, 6.07) is 78.7. The first-order chi connectivity index (χ1) is 32.2. The molecule has 0 N–H and O–H groups in total. The van der Waals surface area contributed by atoms with Crippen LogP contribution in [0.1, 0.15) is 39.8 Å². The quantitative estimate of drug-likeness (QED) is 0.144. The van der Waals surface area contributed by atoms with Gasteiger partial charge in [-0.3, -0.25) is 0 Å². The van der Waals surface area contributed by atoms with Gasteiger partial charge in [-0.05, 0) is 122 Å². The van der Waals surface area contributed by atoms with Crippen molar-refractivity contribution in [3.05, 3.63) is 270 Å². The van der Waals surface area contributed by atoms with E-state index in [-0.39, 0.29) is 5.92 Å². The number of benzene rings is 9. The molecule has 9 aromatic carbocycles. The molecule has 1 heterocycles. The Morgan fingerprint density at radius 1 is 0.492 bits per heavy atom. The van der Waals surface area contributed by atoms with Crippen molar-refractivity contribution in [3.8, 4) is 33.4 Å². The highest BCUT2D eigenvalue weighted by Gasteiger charge is 2.52. The maximum absolute atomic E-state index is 2.55. The van der Waals surface area contributed by atoms with Gasteiger partial charge in [-0.25, -0.2) is 0 Å². The van der Waals surface area contributed by atoms with Crippen molar-refractivity contribution in [2.24, 2.45) is 5.92 Å². The maximum Gasteiger partial charge on any atom is 0.0726 e. The summed E-state index contributed by atoms with van der Waals surface area (Å²) in [5, 5.41) is 2.69. The molecule has 0 fully saturated rings. The Morgan fingerprint density at radius 2 is 1.11 bits per heavy atom. The molecule has 0 radical (unpaired) electrons. The molecule has 0 saturated heterocycles. The molecule has 10 aromatic rings. The Hall–Kier alpha value is -7.78. The van der Waals surface area contributed by atoms with Crippen LogP contribution in [0.3, 0.4) is 0 Å². The van der Waals surface area contributed by atoms with Crippen molar-refractivity contribution in [2.75, 3.05) is 4.90 Å². The lowest BCUT2D eigenvalue weighted by Crippen LogP contribution is -2.26. The molecule has 3 aliphatic carbocycles. The lowest BCUT2D eigenvalue weighted by atomic mass is 9.70. The third-order valence-electron chi connectivity index (χ3n) is 14.0. The van der Waals surface area contributed by atoms with Gasteiger partial charge in [-0.15, -0.1) is 11.3 Å². The predicted octanol–water partition coefficient (Wildman–Crippen LogP) is 17.2. The predicted molar refractivity (Wildman–Crippen MR) is 276 cm³/mol. The lowest BCUT2D eigenvalue weighted by molar-refractivity contribution is 0.792. The molecule has 1 aromatic heterocycles. The van der Waals surface area contributed by atoms with E-state index in [0.717, 1.165) is 23.5 Å². The van der Waals surface area contributed by atoms with Crippen LogP contribution in [0.15, 0.2) is 237 Å². The molecule has 65 heavy (non-hydrogen) atoms. The van der Waals surface area contributed by atoms with Crippen LogP contribution in [0.4, 0.5) is 17.1 Å². The molecule has 0 bridgehead atoms. The third-order valence-corrected chi connectivity index (χ3v) is 15.2. The molecule has 2 unspecified atom stereocenters. The van der Waals surface area contributed by atoms with Crippen molar-refractivity contribution in [1.82, 2.24) is 0 Å². The Labute approximate surface area is 384 Å². The molecule has 2 heteroatoms. The van der Waals surface area contributed by atoms with Crippen LogP contribution < -0.4 is 4.90 Å². The monoisotopic (exact) mass is 845 g/mol. The molecule has 1 nitrogen and oxygen atoms in total. The summed E-state index contributed by atoms with van der Waals surface area (Å²) in [6.45, 7) is 0. The number of hydrogen-bond donors (Lipinski definition) is 0. The summed E-state index contributed by atoms with van der Waals surface area (Å²) in [6.07, 6.45) is 12.5. The molecule has 0 amide bonds. The minimum Gasteiger partial charge on any atom is -0.311 e. The average molecular weight is 846 g/mol. The van der Waals surface area contributed by atoms with Crippen LogP contribution in [-0.4, -0.2) is 0 Å². The molecule has 13 rings (SSSR count). The standard InChI is InChI=1S/C63H43NS/c1-4-16-45(17-5-1)55(40-42-28-30-43(31-29-42)44-32-35-49(36-33-44)64(47-18-6-2-7-19-47)48-20-8-3-9-21-48)46-34-37-51-50-22-10-13-25-56(50)63(59(51)41-46)57-26-14-11-24-54(57)61-58(63)39-38-53-52-23-12-15-27-60(52)65-62(53)61/h1-16,18-41,45H,17H2/b55-40-. The topological polar surface area (TPSA) is 3.24 Å². The SMILES string of the molecule is C1=CCC(/C(=C/c2ccc(-c3ccc(N(c4ccccc4)c4ccccc4)cc3)cc2)c2ccc3c(c2)C2(c4ccccc4-3)c3ccccc3-c3c2ccc2c3sc3ccccc32)C=C1. The van der Waals surface area contributed by atoms with Crippen LogP contribution in [0, 0.1) is 5.92 Å². The van der Waals surface area contributed by atoms with Crippen LogP contribution in [0.25, 0.3) is 65.2 Å². The number of anilines is 3. The molecular formula is C63H43NS. The van der Waals surface area contributed by atoms with E-state index in [9.17, 15) is 0 Å². The molecule has 306 valence electrons. The summed E-state index contributed by atoms with van der Waals surface area (Å²) in [7, 11) is 0. The minimum atomic E-state index is -0.429. The highest BCUT2D eigenvalue weighted by atomic mass is 32.1. The number of allylic oxidation sites excluding steroid dienone is 5. The molecule has 3 aliphatic rings. The van der Waals surface area contributed by atoms with Gasteiger partial charge in [0.1, 0.15) is 0 Å². The van der Waals surface area contributed by atoms with Gasteiger partial charge in [0.25, 0.3) is 0 Å². The Balaban J connectivity index is 0.914. The van der Waals surface area contributed by atoms with Gasteiger partial charge in [-0.2, -0.15) is 0 Å². The van der Waals surface area contributed by atoms with Gasteiger partial charge < -0.3 is 4.90 Å². The smallest absolute Gasteiger partial charge is 0.0726 e. The van der Waals surface area contributed by atoms with Gasteiger partial charge in [-0.1, -0.05) is 194 Å². The number of para-hydroxylation sites is 2. The lowest BCUT2D eigenvalue weighted by Gasteiger charge is -2.31. The second-order valence-electron chi connectivity index (χ2n) is 17.5. The summed E-state index contributed by atoms with van der Waals surface area (Å²) in [5.41, 5.74) is 20.1. The fourth-order valence-electron chi connectivity index (χ4n) is 11.2. The highest BCUT2D eigenvalue weighted by Crippen LogP contribution is 2.64. The van der Waals surface area contributed by atoms with E-state index in [0.29, 0.717) is 0 Å². The largest absolute Gasteiger partial charge is 0.311 e. The van der Waals surface area contributed by atoms with Gasteiger partial charge in [0.15, 0.2) is 0 Å². The highest BCUT2D eigenvalue weighted by molar-refractivity contribution is 7.26. The van der Waals surface area contributed by atoms with Gasteiger partial charge in [0.2, 0.25) is 0 Å². The summed E-state index contributed by atoms with van der Waals surface area (Å²) in [4.78, 5) is 2.31. The maximum atomic E-state index is 2.55. The van der Waals surface area contributed by atoms with Gasteiger partial charge in [0, 0.05) is 48.7 Å². The number of hydrogen-bond acceptors (Lipinski definition) is 2. The van der Waals surface area contributed by atoms with Crippen molar-refractivity contribution >= 4 is 60.2 Å². The van der Waals surface area contributed by atoms with E-state index in [1.54, 1.807) is 0 Å². The molecule has 0 saturated carbocycles. The first-order valence-electron chi connectivity index (χ1n) is 22.7. The van der Waals surface area contributed by atoms with Crippen LogP contribution >= 0.6 is 11.3 Å². The molecule has 0 aliphatic heterocycles. The van der Waals surface area contributed by atoms with Crippen LogP contribution in [-0.2, 0) is 5.41 Å².